The number of benzene rings is 2. The fourth-order valence-corrected chi connectivity index (χ4v) is 6.41. The summed E-state index contributed by atoms with van der Waals surface area (Å²) in [4.78, 5) is 42.3. The number of nitrogens with zero attached hydrogens (tertiary/aromatic N) is 3. The third-order valence-electron chi connectivity index (χ3n) is 7.34. The first-order valence-corrected chi connectivity index (χ1v) is 14.9. The zero-order valence-electron chi connectivity index (χ0n) is 23.8. The van der Waals surface area contributed by atoms with E-state index < -0.39 is 30.3 Å². The number of halogens is 3. The molecule has 0 saturated heterocycles. The van der Waals surface area contributed by atoms with Crippen LogP contribution in [0.25, 0.3) is 0 Å². The summed E-state index contributed by atoms with van der Waals surface area (Å²) in [6.45, 7) is 7.30. The lowest BCUT2D eigenvalue weighted by molar-refractivity contribution is -0.137. The quantitative estimate of drug-likeness (QED) is 0.189. The lowest BCUT2D eigenvalue weighted by Crippen LogP contribution is -2.24. The number of alkyl halides is 3. The lowest BCUT2D eigenvalue weighted by atomic mass is 9.92. The number of ether oxygens (including phenoxy) is 1. The van der Waals surface area contributed by atoms with Crippen molar-refractivity contribution in [1.29, 1.82) is 0 Å². The van der Waals surface area contributed by atoms with Crippen molar-refractivity contribution in [3.05, 3.63) is 64.8 Å². The van der Waals surface area contributed by atoms with Crippen LogP contribution in [-0.4, -0.2) is 43.7 Å². The Hall–Kier alpha value is -3.67. The summed E-state index contributed by atoms with van der Waals surface area (Å²) < 4.78 is 60.0. The van der Waals surface area contributed by atoms with Crippen molar-refractivity contribution in [3.63, 3.8) is 0 Å². The minimum atomic E-state index is -4.79. The van der Waals surface area contributed by atoms with Gasteiger partial charge in [0.25, 0.3) is 5.91 Å². The molecule has 3 aromatic rings. The Balaban J connectivity index is 1.69. The number of rotatable bonds is 10. The third kappa shape index (κ3) is 5.95. The number of aromatic nitrogens is 2. The van der Waals surface area contributed by atoms with Crippen molar-refractivity contribution < 1.29 is 37.1 Å². The summed E-state index contributed by atoms with van der Waals surface area (Å²) in [5.41, 5.74) is 0.610. The first-order chi connectivity index (χ1) is 19.6. The van der Waals surface area contributed by atoms with Gasteiger partial charge in [0.2, 0.25) is 5.95 Å². The van der Waals surface area contributed by atoms with E-state index in [1.807, 2.05) is 13.8 Å². The Labute approximate surface area is 241 Å². The van der Waals surface area contributed by atoms with Crippen LogP contribution in [-0.2, 0) is 22.4 Å². The van der Waals surface area contributed by atoms with Crippen LogP contribution in [0.3, 0.4) is 0 Å². The fraction of sp³-hybridized carbons (Fsp3) is 0.393. The van der Waals surface area contributed by atoms with Gasteiger partial charge in [0.15, 0.2) is 0 Å². The maximum Gasteiger partial charge on any atom is 0.421 e. The Bertz CT molecular complexity index is 1520. The molecule has 0 fully saturated rings. The van der Waals surface area contributed by atoms with Gasteiger partial charge in [-0.1, -0.05) is 26.0 Å². The molecule has 4 rings (SSSR count). The summed E-state index contributed by atoms with van der Waals surface area (Å²) in [5, 5.41) is 4.19. The molecule has 1 aliphatic heterocycles. The van der Waals surface area contributed by atoms with Crippen LogP contribution in [0.1, 0.15) is 67.6 Å². The molecule has 0 bridgehead atoms. The van der Waals surface area contributed by atoms with Gasteiger partial charge in [-0.2, -0.15) is 18.2 Å². The standard InChI is InChI=1S/C28H33F3N5O5P/c1-6-27(7-2,42(38,39)40)17-8-10-18(11-9-17)33-26-32-14-20(28(29,30)31)24(35-26)34-21-12-13-22(41-16(3)4)19-15-36(5)25(37)23(19)21/h8-14,16H,6-7,15H2,1-5H3,(H2,38,39,40)(H2,32,33,34,35). The van der Waals surface area contributed by atoms with E-state index >= 15 is 0 Å². The largest absolute Gasteiger partial charge is 0.491 e. The highest BCUT2D eigenvalue weighted by atomic mass is 31.2. The Morgan fingerprint density at radius 3 is 2.26 bits per heavy atom. The van der Waals surface area contributed by atoms with Crippen molar-refractivity contribution in [2.24, 2.45) is 0 Å². The molecule has 4 N–H and O–H groups in total. The molecule has 0 atom stereocenters. The van der Waals surface area contributed by atoms with Crippen LogP contribution in [0.2, 0.25) is 0 Å². The van der Waals surface area contributed by atoms with Crippen molar-refractivity contribution in [2.75, 3.05) is 17.7 Å². The number of anilines is 4. The highest BCUT2D eigenvalue weighted by Gasteiger charge is 2.45. The normalized spacial score (nSPS) is 13.9. The van der Waals surface area contributed by atoms with E-state index in [4.69, 9.17) is 4.74 Å². The molecule has 1 aromatic heterocycles. The number of nitrogens with one attached hydrogen (secondary N) is 2. The van der Waals surface area contributed by atoms with Gasteiger partial charge >= 0.3 is 13.8 Å². The number of hydrogen-bond donors (Lipinski definition) is 4. The van der Waals surface area contributed by atoms with Crippen molar-refractivity contribution >= 4 is 36.6 Å². The molecule has 0 spiro atoms. The van der Waals surface area contributed by atoms with Gasteiger partial charge in [-0.15, -0.1) is 0 Å². The van der Waals surface area contributed by atoms with Gasteiger partial charge < -0.3 is 30.1 Å². The SMILES string of the molecule is CCC(CC)(c1ccc(Nc2ncc(C(F)(F)F)c(Nc3ccc(OC(C)C)c4c3C(=O)N(C)C4)n2)cc1)P(=O)(O)O. The van der Waals surface area contributed by atoms with Crippen LogP contribution in [0.15, 0.2) is 42.6 Å². The average molecular weight is 608 g/mol. The molecular weight excluding hydrogens is 574 g/mol. The fourth-order valence-electron chi connectivity index (χ4n) is 5.10. The smallest absolute Gasteiger partial charge is 0.421 e. The van der Waals surface area contributed by atoms with Crippen LogP contribution in [0.4, 0.5) is 36.3 Å². The van der Waals surface area contributed by atoms with E-state index in [0.29, 0.717) is 28.8 Å². The molecule has 2 heterocycles. The zero-order valence-corrected chi connectivity index (χ0v) is 24.7. The molecule has 1 aliphatic rings. The maximum absolute atomic E-state index is 14.0. The van der Waals surface area contributed by atoms with Gasteiger partial charge in [0.05, 0.1) is 29.1 Å². The summed E-state index contributed by atoms with van der Waals surface area (Å²) in [6, 6.07) is 9.30. The second-order valence-electron chi connectivity index (χ2n) is 10.4. The topological polar surface area (TPSA) is 137 Å². The highest BCUT2D eigenvalue weighted by Crippen LogP contribution is 2.61. The average Bonchev–Trinajstić information content (AvgIpc) is 3.20. The zero-order chi connectivity index (χ0) is 31.0. The Morgan fingerprint density at radius 2 is 1.71 bits per heavy atom. The molecule has 42 heavy (non-hydrogen) atoms. The summed E-state index contributed by atoms with van der Waals surface area (Å²) >= 11 is 0. The predicted molar refractivity (Wildman–Crippen MR) is 152 cm³/mol. The molecule has 0 radical (unpaired) electrons. The summed E-state index contributed by atoms with van der Waals surface area (Å²) in [6.07, 6.45) is -3.90. The molecule has 2 aromatic carbocycles. The molecule has 0 saturated carbocycles. The second-order valence-corrected chi connectivity index (χ2v) is 12.3. The first kappa shape index (κ1) is 31.3. The van der Waals surface area contributed by atoms with Gasteiger partial charge in [-0.05, 0) is 56.5 Å². The number of carbonyl (C=O) groups excluding carboxylic acids is 1. The van der Waals surface area contributed by atoms with Gasteiger partial charge in [-0.25, -0.2) is 4.98 Å². The van der Waals surface area contributed by atoms with Crippen LogP contribution < -0.4 is 15.4 Å². The van der Waals surface area contributed by atoms with E-state index in [-0.39, 0.29) is 48.6 Å². The first-order valence-electron chi connectivity index (χ1n) is 13.3. The van der Waals surface area contributed by atoms with Gasteiger partial charge in [0, 0.05) is 24.5 Å². The van der Waals surface area contributed by atoms with E-state index in [2.05, 4.69) is 20.6 Å². The highest BCUT2D eigenvalue weighted by molar-refractivity contribution is 7.53. The molecule has 226 valence electrons. The molecular formula is C28H33F3N5O5P. The van der Waals surface area contributed by atoms with Crippen LogP contribution in [0.5, 0.6) is 5.75 Å². The molecule has 10 nitrogen and oxygen atoms in total. The van der Waals surface area contributed by atoms with Crippen molar-refractivity contribution in [1.82, 2.24) is 14.9 Å². The Morgan fingerprint density at radius 1 is 1.07 bits per heavy atom. The maximum atomic E-state index is 14.0. The van der Waals surface area contributed by atoms with E-state index in [1.165, 1.54) is 11.0 Å². The summed E-state index contributed by atoms with van der Waals surface area (Å²) in [5.74, 6) is -0.614. The van der Waals surface area contributed by atoms with E-state index in [0.717, 1.165) is 0 Å². The van der Waals surface area contributed by atoms with Gasteiger partial charge in [0.1, 0.15) is 17.1 Å². The lowest BCUT2D eigenvalue weighted by Gasteiger charge is -2.33. The minimum absolute atomic E-state index is 0.142. The number of fused-ring (bicyclic) bond motifs is 1. The predicted octanol–water partition coefficient (Wildman–Crippen LogP) is 6.55. The van der Waals surface area contributed by atoms with E-state index in [1.54, 1.807) is 51.2 Å². The summed E-state index contributed by atoms with van der Waals surface area (Å²) in [7, 11) is -2.90. The molecule has 1 amide bonds. The van der Waals surface area contributed by atoms with Crippen LogP contribution in [0, 0.1) is 0 Å². The molecule has 0 unspecified atom stereocenters. The van der Waals surface area contributed by atoms with Gasteiger partial charge in [-0.3, -0.25) is 9.36 Å². The number of carbonyl (C=O) groups is 1. The monoisotopic (exact) mass is 607 g/mol. The second kappa shape index (κ2) is 11.5. The molecule has 0 aliphatic carbocycles. The molecule has 14 heteroatoms. The minimum Gasteiger partial charge on any atom is -0.491 e. The van der Waals surface area contributed by atoms with Crippen molar-refractivity contribution in [3.8, 4) is 5.75 Å². The number of hydrogen-bond acceptors (Lipinski definition) is 7. The van der Waals surface area contributed by atoms with Crippen LogP contribution >= 0.6 is 7.60 Å². The third-order valence-corrected chi connectivity index (χ3v) is 9.35. The van der Waals surface area contributed by atoms with E-state index in [9.17, 15) is 32.3 Å². The van der Waals surface area contributed by atoms with Crippen molar-refractivity contribution in [2.45, 2.75) is 64.5 Å². The number of amides is 1. The Kier molecular flexibility index (Phi) is 8.59.